The van der Waals surface area contributed by atoms with Gasteiger partial charge in [0.25, 0.3) is 0 Å². The van der Waals surface area contributed by atoms with Gasteiger partial charge in [0.15, 0.2) is 5.65 Å². The fourth-order valence-electron chi connectivity index (χ4n) is 4.02. The molecule has 0 saturated carbocycles. The molecule has 4 aromatic rings. The third-order valence-electron chi connectivity index (χ3n) is 5.75. The number of rotatable bonds is 7. The molecule has 1 saturated heterocycles. The van der Waals surface area contributed by atoms with Gasteiger partial charge in [-0.3, -0.25) is 4.79 Å². The number of carbonyl (C=O) groups excluding carboxylic acids is 1. The third kappa shape index (κ3) is 4.77. The van der Waals surface area contributed by atoms with Crippen LogP contribution >= 0.6 is 0 Å². The molecule has 0 atom stereocenters. The molecule has 0 bridgehead atoms. The lowest BCUT2D eigenvalue weighted by Gasteiger charge is -2.35. The fraction of sp³-hybridized carbons (Fsp3) is 0.304. The number of benzene rings is 1. The summed E-state index contributed by atoms with van der Waals surface area (Å²) in [6.45, 7) is 4.05. The van der Waals surface area contributed by atoms with Gasteiger partial charge in [0, 0.05) is 45.1 Å². The van der Waals surface area contributed by atoms with Gasteiger partial charge in [-0.15, -0.1) is 0 Å². The Hall–Kier alpha value is -4.15. The number of halogens is 1. The first-order valence-corrected chi connectivity index (χ1v) is 11.1. The Bertz CT molecular complexity index is 1250. The molecule has 4 heterocycles. The quantitative estimate of drug-likeness (QED) is 0.441. The Labute approximate surface area is 195 Å². The van der Waals surface area contributed by atoms with Gasteiger partial charge in [-0.2, -0.15) is 5.10 Å². The number of hydrogen-bond donors (Lipinski definition) is 1. The molecule has 1 aliphatic heterocycles. The molecule has 1 aliphatic rings. The second-order valence-electron chi connectivity index (χ2n) is 7.98. The largest absolute Gasteiger partial charge is 0.354 e. The van der Waals surface area contributed by atoms with E-state index in [1.165, 1.54) is 12.1 Å². The van der Waals surface area contributed by atoms with Crippen LogP contribution in [0.5, 0.6) is 0 Å². The summed E-state index contributed by atoms with van der Waals surface area (Å²) < 4.78 is 14.8. The van der Waals surface area contributed by atoms with Crippen molar-refractivity contribution in [3.63, 3.8) is 0 Å². The molecule has 34 heavy (non-hydrogen) atoms. The number of aromatic nitrogens is 6. The van der Waals surface area contributed by atoms with E-state index in [9.17, 15) is 9.18 Å². The Morgan fingerprint density at radius 1 is 0.971 bits per heavy atom. The van der Waals surface area contributed by atoms with Gasteiger partial charge in [-0.25, -0.2) is 29.0 Å². The molecule has 1 amide bonds. The van der Waals surface area contributed by atoms with E-state index < -0.39 is 0 Å². The average Bonchev–Trinajstić information content (AvgIpc) is 3.29. The number of anilines is 2. The molecule has 0 aliphatic carbocycles. The molecule has 10 nitrogen and oxygen atoms in total. The summed E-state index contributed by atoms with van der Waals surface area (Å²) in [7, 11) is 0. The molecule has 5 rings (SSSR count). The maximum absolute atomic E-state index is 13.0. The van der Waals surface area contributed by atoms with Gasteiger partial charge in [0.2, 0.25) is 11.9 Å². The molecular formula is C23H24FN9O. The van der Waals surface area contributed by atoms with E-state index in [4.69, 9.17) is 0 Å². The van der Waals surface area contributed by atoms with Crippen LogP contribution in [0, 0.1) is 5.82 Å². The van der Waals surface area contributed by atoms with Crippen LogP contribution in [0.3, 0.4) is 0 Å². The zero-order valence-corrected chi connectivity index (χ0v) is 18.5. The molecule has 1 fully saturated rings. The Balaban J connectivity index is 1.19. The Morgan fingerprint density at radius 2 is 1.71 bits per heavy atom. The maximum atomic E-state index is 13.0. The fourth-order valence-corrected chi connectivity index (χ4v) is 4.02. The van der Waals surface area contributed by atoms with Crippen molar-refractivity contribution in [1.29, 1.82) is 0 Å². The Morgan fingerprint density at radius 3 is 2.47 bits per heavy atom. The molecule has 0 radical (unpaired) electrons. The van der Waals surface area contributed by atoms with E-state index in [1.54, 1.807) is 41.7 Å². The van der Waals surface area contributed by atoms with Crippen molar-refractivity contribution in [3.05, 3.63) is 66.6 Å². The van der Waals surface area contributed by atoms with E-state index in [1.807, 2.05) is 6.07 Å². The molecule has 1 N–H and O–H groups in total. The molecule has 0 unspecified atom stereocenters. The molecule has 11 heteroatoms. The van der Waals surface area contributed by atoms with Crippen LogP contribution in [0.2, 0.25) is 0 Å². The smallest absolute Gasteiger partial charge is 0.225 e. The molecule has 3 aromatic heterocycles. The van der Waals surface area contributed by atoms with Crippen molar-refractivity contribution in [1.82, 2.24) is 35.0 Å². The molecule has 1 aromatic carbocycles. The van der Waals surface area contributed by atoms with Crippen molar-refractivity contribution in [3.8, 4) is 0 Å². The minimum absolute atomic E-state index is 0.126. The summed E-state index contributed by atoms with van der Waals surface area (Å²) in [5.74, 6) is 1.15. The first-order chi connectivity index (χ1) is 16.7. The minimum atomic E-state index is -0.317. The summed E-state index contributed by atoms with van der Waals surface area (Å²) in [5.41, 5.74) is 1.49. The zero-order valence-electron chi connectivity index (χ0n) is 18.5. The van der Waals surface area contributed by atoms with Gasteiger partial charge >= 0.3 is 0 Å². The third-order valence-corrected chi connectivity index (χ3v) is 5.75. The highest BCUT2D eigenvalue weighted by Crippen LogP contribution is 2.24. The van der Waals surface area contributed by atoms with Gasteiger partial charge in [-0.1, -0.05) is 12.1 Å². The lowest BCUT2D eigenvalue weighted by molar-refractivity contribution is -0.120. The molecule has 174 valence electrons. The van der Waals surface area contributed by atoms with Gasteiger partial charge in [0.1, 0.15) is 18.0 Å². The summed E-state index contributed by atoms with van der Waals surface area (Å²) >= 11 is 0. The van der Waals surface area contributed by atoms with E-state index in [0.717, 1.165) is 54.5 Å². The average molecular weight is 462 g/mol. The van der Waals surface area contributed by atoms with Crippen molar-refractivity contribution >= 4 is 28.7 Å². The topological polar surface area (TPSA) is 105 Å². The van der Waals surface area contributed by atoms with Gasteiger partial charge < -0.3 is 15.1 Å². The summed E-state index contributed by atoms with van der Waals surface area (Å²) in [6.07, 6.45) is 7.03. The predicted octanol–water partition coefficient (Wildman–Crippen LogP) is 1.44. The normalized spacial score (nSPS) is 13.9. The summed E-state index contributed by atoms with van der Waals surface area (Å²) in [4.78, 5) is 34.2. The molecule has 0 spiro atoms. The monoisotopic (exact) mass is 461 g/mol. The second-order valence-corrected chi connectivity index (χ2v) is 7.98. The van der Waals surface area contributed by atoms with Crippen LogP contribution in [0.4, 0.5) is 16.2 Å². The number of nitrogens with zero attached hydrogens (tertiary/aromatic N) is 8. The lowest BCUT2D eigenvalue weighted by Crippen LogP contribution is -2.47. The van der Waals surface area contributed by atoms with E-state index >= 15 is 0 Å². The zero-order chi connectivity index (χ0) is 23.3. The van der Waals surface area contributed by atoms with E-state index in [-0.39, 0.29) is 18.1 Å². The number of hydrogen-bond acceptors (Lipinski definition) is 8. The van der Waals surface area contributed by atoms with Crippen LogP contribution in [0.25, 0.3) is 11.0 Å². The van der Waals surface area contributed by atoms with Crippen LogP contribution in [0.1, 0.15) is 5.56 Å². The first kappa shape index (κ1) is 21.7. The van der Waals surface area contributed by atoms with E-state index in [0.29, 0.717) is 13.1 Å². The number of amides is 1. The van der Waals surface area contributed by atoms with Crippen LogP contribution in [0.15, 0.2) is 55.2 Å². The van der Waals surface area contributed by atoms with Crippen LogP contribution < -0.4 is 15.1 Å². The highest BCUT2D eigenvalue weighted by molar-refractivity contribution is 5.86. The van der Waals surface area contributed by atoms with E-state index in [2.05, 4.69) is 40.2 Å². The minimum Gasteiger partial charge on any atom is -0.354 e. The van der Waals surface area contributed by atoms with Crippen LogP contribution in [-0.2, 0) is 17.8 Å². The standard InChI is InChI=1S/C23H24FN9O/c24-18-4-2-17(3-5-18)14-20(34)25-8-9-33-22-19(15-30-33)21(28-16-29-22)31-10-12-32(13-11-31)23-26-6-1-7-27-23/h1-7,15-16H,8-14H2,(H,25,34). The SMILES string of the molecule is O=C(Cc1ccc(F)cc1)NCCn1ncc2c(N3CCN(c4ncccn4)CC3)ncnc21. The summed E-state index contributed by atoms with van der Waals surface area (Å²) in [5, 5.41) is 8.23. The van der Waals surface area contributed by atoms with Gasteiger partial charge in [-0.05, 0) is 23.8 Å². The first-order valence-electron chi connectivity index (χ1n) is 11.1. The maximum Gasteiger partial charge on any atom is 0.225 e. The van der Waals surface area contributed by atoms with Crippen molar-refractivity contribution in [2.75, 3.05) is 42.5 Å². The van der Waals surface area contributed by atoms with Crippen molar-refractivity contribution in [2.45, 2.75) is 13.0 Å². The van der Waals surface area contributed by atoms with Crippen molar-refractivity contribution < 1.29 is 9.18 Å². The summed E-state index contributed by atoms with van der Waals surface area (Å²) in [6, 6.07) is 7.74. The van der Waals surface area contributed by atoms with Crippen molar-refractivity contribution in [2.24, 2.45) is 0 Å². The predicted molar refractivity (Wildman–Crippen MR) is 125 cm³/mol. The molecular weight excluding hydrogens is 437 g/mol. The highest BCUT2D eigenvalue weighted by Gasteiger charge is 2.22. The number of nitrogens with one attached hydrogen (secondary N) is 1. The number of carbonyl (C=O) groups is 1. The highest BCUT2D eigenvalue weighted by atomic mass is 19.1. The lowest BCUT2D eigenvalue weighted by atomic mass is 10.1. The Kier molecular flexibility index (Phi) is 6.23. The number of piperazine rings is 1. The van der Waals surface area contributed by atoms with Crippen LogP contribution in [-0.4, -0.2) is 68.3 Å². The van der Waals surface area contributed by atoms with Gasteiger partial charge in [0.05, 0.1) is 24.5 Å². The second kappa shape index (κ2) is 9.77. The number of fused-ring (bicyclic) bond motifs is 1.